The summed E-state index contributed by atoms with van der Waals surface area (Å²) in [5.41, 5.74) is 1.22. The van der Waals surface area contributed by atoms with Gasteiger partial charge in [-0.25, -0.2) is 0 Å². The molecule has 1 aromatic rings. The van der Waals surface area contributed by atoms with Crippen molar-refractivity contribution in [2.45, 2.75) is 6.10 Å². The highest BCUT2D eigenvalue weighted by molar-refractivity contribution is 5.06. The Bertz CT molecular complexity index is 203. The fourth-order valence-corrected chi connectivity index (χ4v) is 0.785. The molecule has 0 bridgehead atoms. The Morgan fingerprint density at radius 2 is 2.45 bits per heavy atom. The zero-order chi connectivity index (χ0) is 8.10. The molecule has 3 N–H and O–H groups in total. The third-order valence-corrected chi connectivity index (χ3v) is 1.35. The van der Waals surface area contributed by atoms with Crippen LogP contribution in [0.1, 0.15) is 11.8 Å². The molecule has 1 aromatic heterocycles. The Morgan fingerprint density at radius 1 is 1.64 bits per heavy atom. The van der Waals surface area contributed by atoms with E-state index in [-0.39, 0.29) is 6.54 Å². The Labute approximate surface area is 64.5 Å². The number of nitrogens with zero attached hydrogens (tertiary/aromatic N) is 1. The lowest BCUT2D eigenvalue weighted by Gasteiger charge is -2.08. The molecule has 1 atom stereocenters. The summed E-state index contributed by atoms with van der Waals surface area (Å²) >= 11 is 0. The third-order valence-electron chi connectivity index (χ3n) is 1.35. The molecule has 0 aromatic carbocycles. The minimum atomic E-state index is -0.756. The molecule has 0 amide bonds. The fraction of sp³-hybridized carbons (Fsp3) is 0.286. The SMILES string of the molecule is [O-][NH2+]CC(O)c1ccccn1. The first kappa shape index (κ1) is 8.13. The number of hydrogen-bond donors (Lipinski definition) is 2. The number of hydrogen-bond acceptors (Lipinski definition) is 3. The number of quaternary nitrogens is 1. The number of hydroxylamine groups is 1. The topological polar surface area (TPSA) is 72.8 Å². The van der Waals surface area contributed by atoms with Gasteiger partial charge in [-0.15, -0.1) is 0 Å². The van der Waals surface area contributed by atoms with E-state index in [4.69, 9.17) is 0 Å². The quantitative estimate of drug-likeness (QED) is 0.558. The Kier molecular flexibility index (Phi) is 2.97. The minimum Gasteiger partial charge on any atom is -0.636 e. The van der Waals surface area contributed by atoms with Crippen molar-refractivity contribution in [2.75, 3.05) is 6.54 Å². The molecule has 60 valence electrons. The first-order valence-electron chi connectivity index (χ1n) is 3.37. The van der Waals surface area contributed by atoms with Crippen LogP contribution in [0.2, 0.25) is 0 Å². The van der Waals surface area contributed by atoms with E-state index in [2.05, 4.69) is 4.98 Å². The highest BCUT2D eigenvalue weighted by Gasteiger charge is 2.06. The highest BCUT2D eigenvalue weighted by atomic mass is 16.5. The van der Waals surface area contributed by atoms with Gasteiger partial charge in [0.15, 0.2) is 0 Å². The lowest BCUT2D eigenvalue weighted by atomic mass is 10.2. The van der Waals surface area contributed by atoms with Gasteiger partial charge in [-0.3, -0.25) is 4.98 Å². The summed E-state index contributed by atoms with van der Waals surface area (Å²) in [6.07, 6.45) is 0.831. The molecule has 0 saturated heterocycles. The summed E-state index contributed by atoms with van der Waals surface area (Å²) in [7, 11) is 0. The van der Waals surface area contributed by atoms with Crippen LogP contribution in [0.3, 0.4) is 0 Å². The maximum Gasteiger partial charge on any atom is 0.145 e. The molecule has 0 aliphatic carbocycles. The van der Waals surface area contributed by atoms with Gasteiger partial charge in [0.05, 0.1) is 5.69 Å². The van der Waals surface area contributed by atoms with Gasteiger partial charge in [0.2, 0.25) is 0 Å². The molecular weight excluding hydrogens is 144 g/mol. The molecule has 1 heterocycles. The monoisotopic (exact) mass is 154 g/mol. The molecule has 0 spiro atoms. The second kappa shape index (κ2) is 4.02. The molecular formula is C7H10N2O2. The van der Waals surface area contributed by atoms with E-state index in [0.717, 1.165) is 0 Å². The molecule has 1 rings (SSSR count). The number of aromatic nitrogens is 1. The lowest BCUT2D eigenvalue weighted by molar-refractivity contribution is -0.597. The van der Waals surface area contributed by atoms with Crippen LogP contribution in [0.15, 0.2) is 24.4 Å². The van der Waals surface area contributed by atoms with Crippen LogP contribution in [0.4, 0.5) is 0 Å². The average molecular weight is 154 g/mol. The summed E-state index contributed by atoms with van der Waals surface area (Å²) in [5.74, 6) is 0. The van der Waals surface area contributed by atoms with Crippen molar-refractivity contribution in [1.29, 1.82) is 0 Å². The average Bonchev–Trinajstić information content (AvgIpc) is 2.07. The Hall–Kier alpha value is -0.970. The number of rotatable bonds is 3. The molecule has 0 aliphatic heterocycles. The van der Waals surface area contributed by atoms with Crippen LogP contribution in [0.5, 0.6) is 0 Å². The van der Waals surface area contributed by atoms with Crippen LogP contribution in [-0.2, 0) is 0 Å². The van der Waals surface area contributed by atoms with Crippen LogP contribution >= 0.6 is 0 Å². The zero-order valence-electron chi connectivity index (χ0n) is 5.97. The van der Waals surface area contributed by atoms with E-state index < -0.39 is 6.10 Å². The van der Waals surface area contributed by atoms with E-state index in [1.54, 1.807) is 24.4 Å². The Balaban J connectivity index is 2.61. The van der Waals surface area contributed by atoms with Crippen molar-refractivity contribution in [3.63, 3.8) is 0 Å². The van der Waals surface area contributed by atoms with Gasteiger partial charge in [-0.1, -0.05) is 6.07 Å². The molecule has 11 heavy (non-hydrogen) atoms. The summed E-state index contributed by atoms with van der Waals surface area (Å²) < 4.78 is 0. The van der Waals surface area contributed by atoms with Crippen LogP contribution in [-0.4, -0.2) is 16.6 Å². The van der Waals surface area contributed by atoms with E-state index >= 15 is 0 Å². The maximum atomic E-state index is 10.0. The zero-order valence-corrected chi connectivity index (χ0v) is 5.97. The van der Waals surface area contributed by atoms with Crippen LogP contribution < -0.4 is 5.48 Å². The second-order valence-electron chi connectivity index (χ2n) is 2.17. The van der Waals surface area contributed by atoms with Gasteiger partial charge >= 0.3 is 0 Å². The van der Waals surface area contributed by atoms with Gasteiger partial charge in [0, 0.05) is 6.20 Å². The van der Waals surface area contributed by atoms with Crippen molar-refractivity contribution in [3.8, 4) is 0 Å². The summed E-state index contributed by atoms with van der Waals surface area (Å²) in [6, 6.07) is 5.22. The van der Waals surface area contributed by atoms with Crippen LogP contribution in [0, 0.1) is 5.21 Å². The maximum absolute atomic E-state index is 10.0. The van der Waals surface area contributed by atoms with Crippen molar-refractivity contribution >= 4 is 0 Å². The van der Waals surface area contributed by atoms with Crippen molar-refractivity contribution in [1.82, 2.24) is 4.98 Å². The highest BCUT2D eigenvalue weighted by Crippen LogP contribution is 2.04. The molecule has 1 unspecified atom stereocenters. The summed E-state index contributed by atoms with van der Waals surface area (Å²) in [5, 5.41) is 19.2. The molecule has 0 fully saturated rings. The van der Waals surface area contributed by atoms with E-state index in [1.807, 2.05) is 0 Å². The predicted molar refractivity (Wildman–Crippen MR) is 39.4 cm³/mol. The smallest absolute Gasteiger partial charge is 0.145 e. The predicted octanol–water partition coefficient (Wildman–Crippen LogP) is -0.824. The van der Waals surface area contributed by atoms with E-state index in [0.29, 0.717) is 11.2 Å². The van der Waals surface area contributed by atoms with Gasteiger partial charge in [0.25, 0.3) is 0 Å². The molecule has 4 heteroatoms. The number of nitrogens with two attached hydrogens (primary N) is 1. The lowest BCUT2D eigenvalue weighted by Crippen LogP contribution is -2.78. The van der Waals surface area contributed by atoms with Crippen molar-refractivity contribution in [2.24, 2.45) is 0 Å². The third kappa shape index (κ3) is 2.27. The summed E-state index contributed by atoms with van der Waals surface area (Å²) in [6.45, 7) is 0.108. The van der Waals surface area contributed by atoms with Gasteiger partial charge in [-0.2, -0.15) is 0 Å². The van der Waals surface area contributed by atoms with E-state index in [9.17, 15) is 10.3 Å². The molecule has 4 nitrogen and oxygen atoms in total. The number of pyridine rings is 1. The second-order valence-corrected chi connectivity index (χ2v) is 2.17. The fourth-order valence-electron chi connectivity index (χ4n) is 0.785. The standard InChI is InChI=1S/C7H10N2O2/c10-7(5-9-11)6-3-1-2-4-8-6/h1-4,7,10H,5,9H2. The largest absolute Gasteiger partial charge is 0.636 e. The molecule has 0 saturated carbocycles. The van der Waals surface area contributed by atoms with Gasteiger partial charge in [-0.05, 0) is 12.1 Å². The summed E-state index contributed by atoms with van der Waals surface area (Å²) in [4.78, 5) is 3.89. The van der Waals surface area contributed by atoms with Crippen molar-refractivity contribution < 1.29 is 10.6 Å². The van der Waals surface area contributed by atoms with Gasteiger partial charge < -0.3 is 15.8 Å². The molecule has 0 aliphatic rings. The van der Waals surface area contributed by atoms with E-state index in [1.165, 1.54) is 0 Å². The number of aliphatic hydroxyl groups excluding tert-OH is 1. The number of aliphatic hydroxyl groups is 1. The first-order valence-corrected chi connectivity index (χ1v) is 3.37. The molecule has 0 radical (unpaired) electrons. The minimum absolute atomic E-state index is 0.108. The first-order chi connectivity index (χ1) is 5.34. The van der Waals surface area contributed by atoms with Gasteiger partial charge in [0.1, 0.15) is 12.6 Å². The van der Waals surface area contributed by atoms with Crippen molar-refractivity contribution in [3.05, 3.63) is 35.3 Å². The normalized spacial score (nSPS) is 12.9. The van der Waals surface area contributed by atoms with Crippen LogP contribution in [0.25, 0.3) is 0 Å². The Morgan fingerprint density at radius 3 is 3.00 bits per heavy atom.